The van der Waals surface area contributed by atoms with E-state index in [1.165, 1.54) is 20.1 Å². The Balaban J connectivity index is 1.53. The van der Waals surface area contributed by atoms with Crippen molar-refractivity contribution in [2.75, 3.05) is 11.9 Å². The van der Waals surface area contributed by atoms with Crippen LogP contribution in [0, 0.1) is 0 Å². The Morgan fingerprint density at radius 3 is 2.17 bits per heavy atom. The van der Waals surface area contributed by atoms with Crippen molar-refractivity contribution in [3.05, 3.63) is 112 Å². The van der Waals surface area contributed by atoms with Gasteiger partial charge in [-0.25, -0.2) is 19.2 Å². The highest BCUT2D eigenvalue weighted by Crippen LogP contribution is 2.31. The second-order valence-electron chi connectivity index (χ2n) is 12.3. The number of carbonyl (C=O) groups excluding carboxylic acids is 3. The number of amides is 2. The summed E-state index contributed by atoms with van der Waals surface area (Å²) in [6, 6.07) is 23.1. The van der Waals surface area contributed by atoms with Crippen molar-refractivity contribution in [1.82, 2.24) is 14.0 Å². The van der Waals surface area contributed by atoms with Crippen molar-refractivity contribution in [2.45, 2.75) is 72.6 Å². The van der Waals surface area contributed by atoms with Crippen molar-refractivity contribution < 1.29 is 33.3 Å². The zero-order chi connectivity index (χ0) is 34.4. The van der Waals surface area contributed by atoms with Crippen molar-refractivity contribution in [3.63, 3.8) is 0 Å². The first-order valence-electron chi connectivity index (χ1n) is 15.7. The molecule has 0 fully saturated rings. The summed E-state index contributed by atoms with van der Waals surface area (Å²) < 4.78 is 25.3. The molecule has 0 spiro atoms. The largest absolute Gasteiger partial charge is 0.487 e. The number of esters is 1. The first-order valence-corrected chi connectivity index (χ1v) is 15.7. The van der Waals surface area contributed by atoms with Crippen LogP contribution in [0.5, 0.6) is 5.75 Å². The lowest BCUT2D eigenvalue weighted by Crippen LogP contribution is -2.48. The lowest BCUT2D eigenvalue weighted by molar-refractivity contribution is 0.00924. The van der Waals surface area contributed by atoms with Crippen LogP contribution in [0.1, 0.15) is 61.9 Å². The number of hydrogen-bond acceptors (Lipinski definition) is 8. The molecular weight excluding hydrogens is 616 g/mol. The minimum absolute atomic E-state index is 0.0298. The topological polar surface area (TPSA) is 130 Å². The van der Waals surface area contributed by atoms with Crippen LogP contribution >= 0.6 is 0 Å². The van der Waals surface area contributed by atoms with Crippen molar-refractivity contribution >= 4 is 23.8 Å². The molecule has 12 heteroatoms. The van der Waals surface area contributed by atoms with Crippen LogP contribution in [-0.2, 0) is 40.5 Å². The van der Waals surface area contributed by atoms with Crippen LogP contribution in [0.2, 0.25) is 0 Å². The van der Waals surface area contributed by atoms with Crippen LogP contribution in [0.4, 0.5) is 15.3 Å². The first kappa shape index (κ1) is 33.8. The molecule has 1 atom stereocenters. The third-order valence-electron chi connectivity index (χ3n) is 7.55. The van der Waals surface area contributed by atoms with Crippen LogP contribution < -0.4 is 15.7 Å². The van der Waals surface area contributed by atoms with Gasteiger partial charge in [0.25, 0.3) is 0 Å². The Morgan fingerprint density at radius 1 is 0.896 bits per heavy atom. The SMILES string of the molecule is CCOC(=O)c1c2n(c(=O)n1-c1ccc(OCc3ccccc3)c(NC(=O)OCc3ccccc3)c1)CC(C)N(C(=O)OC(C)(C)C)C2. The Bertz CT molecular complexity index is 1830. The summed E-state index contributed by atoms with van der Waals surface area (Å²) in [6.45, 7) is 9.17. The van der Waals surface area contributed by atoms with Crippen LogP contribution in [-0.4, -0.2) is 50.4 Å². The summed E-state index contributed by atoms with van der Waals surface area (Å²) >= 11 is 0. The van der Waals surface area contributed by atoms with Gasteiger partial charge in [0.05, 0.1) is 36.3 Å². The molecule has 1 aromatic heterocycles. The Labute approximate surface area is 278 Å². The molecule has 2 heterocycles. The fourth-order valence-electron chi connectivity index (χ4n) is 5.32. The third-order valence-corrected chi connectivity index (χ3v) is 7.55. The average Bonchev–Trinajstić information content (AvgIpc) is 3.34. The molecular formula is C36H40N4O8. The quantitative estimate of drug-likeness (QED) is 0.165. The fourth-order valence-corrected chi connectivity index (χ4v) is 5.32. The van der Waals surface area contributed by atoms with E-state index in [4.69, 9.17) is 18.9 Å². The molecule has 2 amide bonds. The maximum absolute atomic E-state index is 14.0. The molecule has 1 aliphatic rings. The number of fused-ring (bicyclic) bond motifs is 1. The molecule has 0 saturated carbocycles. The molecule has 1 aliphatic heterocycles. The highest BCUT2D eigenvalue weighted by molar-refractivity contribution is 5.91. The number of nitrogens with zero attached hydrogens (tertiary/aromatic N) is 3. The molecule has 0 saturated heterocycles. The van der Waals surface area contributed by atoms with Gasteiger partial charge < -0.3 is 18.9 Å². The highest BCUT2D eigenvalue weighted by Gasteiger charge is 2.37. The minimum Gasteiger partial charge on any atom is -0.487 e. The molecule has 1 unspecified atom stereocenters. The molecule has 1 N–H and O–H groups in total. The van der Waals surface area contributed by atoms with Gasteiger partial charge in [0.1, 0.15) is 24.6 Å². The van der Waals surface area contributed by atoms with E-state index in [0.717, 1.165) is 11.1 Å². The van der Waals surface area contributed by atoms with Crippen molar-refractivity contribution in [2.24, 2.45) is 0 Å². The van der Waals surface area contributed by atoms with E-state index in [1.54, 1.807) is 39.8 Å². The number of carbonyl (C=O) groups is 3. The second kappa shape index (κ2) is 14.5. The Hall–Kier alpha value is -5.52. The normalized spacial score (nSPS) is 14.1. The monoisotopic (exact) mass is 656 g/mol. The number of aromatic nitrogens is 2. The lowest BCUT2D eigenvalue weighted by atomic mass is 10.1. The van der Waals surface area contributed by atoms with Gasteiger partial charge in [-0.15, -0.1) is 0 Å². The van der Waals surface area contributed by atoms with Gasteiger partial charge >= 0.3 is 23.8 Å². The number of ether oxygens (including phenoxy) is 4. The number of nitrogens with one attached hydrogen (secondary N) is 1. The predicted octanol–water partition coefficient (Wildman–Crippen LogP) is 6.28. The van der Waals surface area contributed by atoms with Gasteiger partial charge in [-0.3, -0.25) is 19.4 Å². The van der Waals surface area contributed by atoms with Crippen LogP contribution in [0.15, 0.2) is 83.7 Å². The summed E-state index contributed by atoms with van der Waals surface area (Å²) in [6.07, 6.45) is -1.30. The first-order chi connectivity index (χ1) is 22.9. The molecule has 252 valence electrons. The summed E-state index contributed by atoms with van der Waals surface area (Å²) in [7, 11) is 0. The maximum atomic E-state index is 14.0. The van der Waals surface area contributed by atoms with E-state index in [1.807, 2.05) is 67.6 Å². The number of benzene rings is 3. The Morgan fingerprint density at radius 2 is 1.54 bits per heavy atom. The van der Waals surface area contributed by atoms with Gasteiger partial charge in [-0.1, -0.05) is 60.7 Å². The maximum Gasteiger partial charge on any atom is 0.412 e. The highest BCUT2D eigenvalue weighted by atomic mass is 16.6. The lowest BCUT2D eigenvalue weighted by Gasteiger charge is -2.35. The van der Waals surface area contributed by atoms with E-state index >= 15 is 0 Å². The number of imidazole rings is 1. The fraction of sp³-hybridized carbons (Fsp3) is 0.333. The molecule has 0 radical (unpaired) electrons. The van der Waals surface area contributed by atoms with E-state index < -0.39 is 35.5 Å². The summed E-state index contributed by atoms with van der Waals surface area (Å²) in [4.78, 5) is 55.1. The summed E-state index contributed by atoms with van der Waals surface area (Å²) in [5, 5.41) is 2.74. The van der Waals surface area contributed by atoms with Crippen LogP contribution in [0.3, 0.4) is 0 Å². The minimum atomic E-state index is -0.739. The average molecular weight is 657 g/mol. The second-order valence-corrected chi connectivity index (χ2v) is 12.3. The third kappa shape index (κ3) is 7.88. The molecule has 5 rings (SSSR count). The van der Waals surface area contributed by atoms with E-state index in [9.17, 15) is 19.2 Å². The standard InChI is InChI=1S/C36H40N4O8/c1-6-45-32(41)31-29-21-38(35(44)48-36(3,4)5)24(2)20-39(29)34(43)40(31)27-17-18-30(46-22-25-13-9-7-10-14-25)28(19-27)37-33(42)47-23-26-15-11-8-12-16-26/h7-19,24H,6,20-23H2,1-5H3,(H,37,42). The van der Waals surface area contributed by atoms with Gasteiger partial charge in [-0.2, -0.15) is 0 Å². The number of rotatable bonds is 9. The summed E-state index contributed by atoms with van der Waals surface area (Å²) in [5.41, 5.74) is 1.24. The van der Waals surface area contributed by atoms with E-state index in [2.05, 4.69) is 5.32 Å². The zero-order valence-electron chi connectivity index (χ0n) is 27.7. The van der Waals surface area contributed by atoms with Gasteiger partial charge in [0.2, 0.25) is 0 Å². The van der Waals surface area contributed by atoms with Crippen LogP contribution in [0.25, 0.3) is 5.69 Å². The summed E-state index contributed by atoms with van der Waals surface area (Å²) in [5.74, 6) is -0.415. The van der Waals surface area contributed by atoms with E-state index in [0.29, 0.717) is 11.4 Å². The van der Waals surface area contributed by atoms with Gasteiger partial charge in [0, 0.05) is 6.54 Å². The molecule has 4 aromatic rings. The van der Waals surface area contributed by atoms with Gasteiger partial charge in [-0.05, 0) is 63.9 Å². The molecule has 3 aromatic carbocycles. The number of anilines is 1. The predicted molar refractivity (Wildman–Crippen MR) is 178 cm³/mol. The van der Waals surface area contributed by atoms with Crippen molar-refractivity contribution in [3.8, 4) is 11.4 Å². The number of hydrogen-bond donors (Lipinski definition) is 1. The van der Waals surface area contributed by atoms with Crippen molar-refractivity contribution in [1.29, 1.82) is 0 Å². The molecule has 12 nitrogen and oxygen atoms in total. The molecule has 0 aliphatic carbocycles. The smallest absolute Gasteiger partial charge is 0.412 e. The molecule has 48 heavy (non-hydrogen) atoms. The van der Waals surface area contributed by atoms with E-state index in [-0.39, 0.29) is 50.0 Å². The molecule has 0 bridgehead atoms. The van der Waals surface area contributed by atoms with Gasteiger partial charge in [0.15, 0.2) is 5.69 Å². The Kier molecular flexibility index (Phi) is 10.2. The zero-order valence-corrected chi connectivity index (χ0v) is 27.7.